The second-order valence-corrected chi connectivity index (χ2v) is 2.79. The van der Waals surface area contributed by atoms with Gasteiger partial charge in [0.05, 0.1) is 21.7 Å². The largest absolute Gasteiger partial charge is 0.306 e. The minimum absolute atomic E-state index is 0.0937. The lowest BCUT2D eigenvalue weighted by atomic mass is 10.1. The van der Waals surface area contributed by atoms with Gasteiger partial charge in [-0.2, -0.15) is 4.02 Å². The van der Waals surface area contributed by atoms with E-state index in [1.807, 2.05) is 18.2 Å². The van der Waals surface area contributed by atoms with E-state index in [1.54, 1.807) is 6.07 Å². The van der Waals surface area contributed by atoms with Crippen molar-refractivity contribution in [1.29, 1.82) is 0 Å². The van der Waals surface area contributed by atoms with E-state index in [4.69, 9.17) is 0 Å². The molecule has 4 heteroatoms. The summed E-state index contributed by atoms with van der Waals surface area (Å²) in [6.07, 6.45) is 0. The number of amides is 1. The number of rotatable bonds is 0. The number of nitrogens with zero attached hydrogens (tertiary/aromatic N) is 1. The van der Waals surface area contributed by atoms with Crippen molar-refractivity contribution in [2.75, 3.05) is 0 Å². The molecule has 0 bridgehead atoms. The molecule has 0 radical (unpaired) electrons. The van der Waals surface area contributed by atoms with Crippen LogP contribution in [0.5, 0.6) is 0 Å². The Hall–Kier alpha value is -1.16. The van der Waals surface area contributed by atoms with Crippen LogP contribution in [0.15, 0.2) is 28.3 Å². The van der Waals surface area contributed by atoms with Crippen LogP contribution in [0.3, 0.4) is 0 Å². The third-order valence-corrected chi connectivity index (χ3v) is 2.10. The van der Waals surface area contributed by atoms with Crippen molar-refractivity contribution in [1.82, 2.24) is 5.32 Å². The number of benzene rings is 1. The van der Waals surface area contributed by atoms with E-state index in [0.29, 0.717) is 11.4 Å². The molecule has 0 aromatic heterocycles. The van der Waals surface area contributed by atoms with Crippen molar-refractivity contribution in [2.24, 2.45) is 4.02 Å². The molecule has 1 aromatic rings. The number of amidine groups is 1. The van der Waals surface area contributed by atoms with E-state index in [0.717, 1.165) is 5.56 Å². The van der Waals surface area contributed by atoms with Gasteiger partial charge in [0, 0.05) is 5.56 Å². The number of fused-ring (bicyclic) bond motifs is 1. The zero-order valence-corrected chi connectivity index (χ0v) is 7.63. The van der Waals surface area contributed by atoms with E-state index in [-0.39, 0.29) is 5.91 Å². The lowest BCUT2D eigenvalue weighted by molar-refractivity contribution is 0.0983. The van der Waals surface area contributed by atoms with Gasteiger partial charge >= 0.3 is 0 Å². The predicted molar refractivity (Wildman–Crippen MR) is 49.4 cm³/mol. The number of nitrogens with one attached hydrogen (secondary N) is 1. The van der Waals surface area contributed by atoms with Gasteiger partial charge in [-0.1, -0.05) is 18.2 Å². The monoisotopic (exact) mass is 224 g/mol. The fourth-order valence-corrected chi connectivity index (χ4v) is 1.48. The Morgan fingerprint density at radius 2 is 1.92 bits per heavy atom. The third kappa shape index (κ3) is 0.956. The highest BCUT2D eigenvalue weighted by Crippen LogP contribution is 2.15. The van der Waals surface area contributed by atoms with Crippen LogP contribution in [0.25, 0.3) is 0 Å². The number of hydrogen-bond donors (Lipinski definition) is 1. The molecule has 0 fully saturated rings. The van der Waals surface area contributed by atoms with Crippen molar-refractivity contribution in [3.63, 3.8) is 0 Å². The maximum Gasteiger partial charge on any atom is 0.257 e. The Morgan fingerprint density at radius 1 is 1.25 bits per heavy atom. The molecule has 3 nitrogen and oxygen atoms in total. The number of hydrogen-bond acceptors (Lipinski definition) is 2. The summed E-state index contributed by atoms with van der Waals surface area (Å²) in [5, 5.41) is 2.63. The molecule has 1 aliphatic heterocycles. The lowest BCUT2D eigenvalue weighted by Crippen LogP contribution is -2.20. The second-order valence-electron chi connectivity index (χ2n) is 2.43. The normalized spacial score (nSPS) is 17.8. The summed E-state index contributed by atoms with van der Waals surface area (Å²) in [7, 11) is 0. The average molecular weight is 225 g/mol. The van der Waals surface area contributed by atoms with E-state index >= 15 is 0 Å². The SMILES string of the molecule is O=C1NC(=NBr)c2ccccc21. The van der Waals surface area contributed by atoms with Gasteiger partial charge < -0.3 is 5.32 Å². The average Bonchev–Trinajstić information content (AvgIpc) is 2.44. The van der Waals surface area contributed by atoms with Gasteiger partial charge in [0.25, 0.3) is 5.91 Å². The van der Waals surface area contributed by atoms with E-state index in [1.165, 1.54) is 0 Å². The number of halogens is 1. The van der Waals surface area contributed by atoms with Gasteiger partial charge in [0.15, 0.2) is 0 Å². The highest BCUT2D eigenvalue weighted by atomic mass is 79.9. The van der Waals surface area contributed by atoms with Crippen LogP contribution in [-0.2, 0) is 0 Å². The van der Waals surface area contributed by atoms with Crippen molar-refractivity contribution in [2.45, 2.75) is 0 Å². The molecule has 60 valence electrons. The maximum atomic E-state index is 11.2. The van der Waals surface area contributed by atoms with Gasteiger partial charge in [-0.25, -0.2) is 0 Å². The van der Waals surface area contributed by atoms with Gasteiger partial charge in [-0.05, 0) is 6.07 Å². The van der Waals surface area contributed by atoms with Gasteiger partial charge in [-0.15, -0.1) is 0 Å². The summed E-state index contributed by atoms with van der Waals surface area (Å²) < 4.78 is 3.78. The Morgan fingerprint density at radius 3 is 2.58 bits per heavy atom. The van der Waals surface area contributed by atoms with Crippen LogP contribution >= 0.6 is 16.1 Å². The number of carbonyl (C=O) groups excluding carboxylic acids is 1. The van der Waals surface area contributed by atoms with Crippen LogP contribution in [0.2, 0.25) is 0 Å². The summed E-state index contributed by atoms with van der Waals surface area (Å²) in [5.41, 5.74) is 1.52. The van der Waals surface area contributed by atoms with Gasteiger partial charge in [-0.3, -0.25) is 4.79 Å². The zero-order valence-electron chi connectivity index (χ0n) is 6.04. The molecule has 0 aliphatic carbocycles. The van der Waals surface area contributed by atoms with Crippen LogP contribution < -0.4 is 5.32 Å². The predicted octanol–water partition coefficient (Wildman–Crippen LogP) is 1.49. The molecule has 2 rings (SSSR count). The second kappa shape index (κ2) is 2.71. The summed E-state index contributed by atoms with van der Waals surface area (Å²) in [5.74, 6) is 0.486. The van der Waals surface area contributed by atoms with Crippen molar-refractivity contribution < 1.29 is 4.79 Å². The third-order valence-electron chi connectivity index (χ3n) is 1.74. The molecule has 0 unspecified atom stereocenters. The zero-order chi connectivity index (χ0) is 8.55. The van der Waals surface area contributed by atoms with Gasteiger partial charge in [0.1, 0.15) is 5.84 Å². The first-order valence-corrected chi connectivity index (χ1v) is 4.13. The topological polar surface area (TPSA) is 41.5 Å². The fraction of sp³-hybridized carbons (Fsp3) is 0. The summed E-state index contributed by atoms with van der Waals surface area (Å²) >= 11 is 2.95. The van der Waals surface area contributed by atoms with E-state index in [2.05, 4.69) is 25.5 Å². The molecular formula is C8H5BrN2O. The Bertz CT molecular complexity index is 373. The van der Waals surface area contributed by atoms with E-state index in [9.17, 15) is 4.79 Å². The Kier molecular flexibility index (Phi) is 1.69. The van der Waals surface area contributed by atoms with Gasteiger partial charge in [0.2, 0.25) is 0 Å². The van der Waals surface area contributed by atoms with Crippen LogP contribution in [0, 0.1) is 0 Å². The van der Waals surface area contributed by atoms with Crippen molar-refractivity contribution in [3.05, 3.63) is 35.4 Å². The Balaban J connectivity index is 2.65. The first kappa shape index (κ1) is 7.49. The van der Waals surface area contributed by atoms with E-state index < -0.39 is 0 Å². The molecule has 0 saturated heterocycles. The van der Waals surface area contributed by atoms with Crippen LogP contribution in [0.1, 0.15) is 15.9 Å². The molecule has 0 atom stereocenters. The molecule has 0 saturated carbocycles. The molecule has 0 spiro atoms. The summed E-state index contributed by atoms with van der Waals surface area (Å²) in [6, 6.07) is 7.33. The smallest absolute Gasteiger partial charge is 0.257 e. The standard InChI is InChI=1S/C8H5BrN2O/c9-11-7-5-3-1-2-4-6(5)8(12)10-7/h1-4H,(H,10,11,12). The maximum absolute atomic E-state index is 11.2. The lowest BCUT2D eigenvalue weighted by Gasteiger charge is -1.92. The van der Waals surface area contributed by atoms with Crippen molar-refractivity contribution in [3.8, 4) is 0 Å². The van der Waals surface area contributed by atoms with Crippen LogP contribution in [0.4, 0.5) is 0 Å². The van der Waals surface area contributed by atoms with Crippen LogP contribution in [-0.4, -0.2) is 11.7 Å². The highest BCUT2D eigenvalue weighted by molar-refractivity contribution is 9.08. The molecule has 1 amide bonds. The highest BCUT2D eigenvalue weighted by Gasteiger charge is 2.23. The minimum Gasteiger partial charge on any atom is -0.306 e. The summed E-state index contributed by atoms with van der Waals surface area (Å²) in [4.78, 5) is 11.2. The molecule has 1 N–H and O–H groups in total. The fourth-order valence-electron chi connectivity index (χ4n) is 1.20. The Labute approximate surface area is 77.8 Å². The molecule has 1 aliphatic rings. The minimum atomic E-state index is -0.0937. The first-order valence-electron chi connectivity index (χ1n) is 3.42. The molecular weight excluding hydrogens is 220 g/mol. The molecule has 1 heterocycles. The quantitative estimate of drug-likeness (QED) is 0.713. The van der Waals surface area contributed by atoms with Crippen molar-refractivity contribution >= 4 is 27.9 Å². The molecule has 12 heavy (non-hydrogen) atoms. The first-order chi connectivity index (χ1) is 5.83. The molecule has 1 aromatic carbocycles. The summed E-state index contributed by atoms with van der Waals surface area (Å²) in [6.45, 7) is 0. The number of carbonyl (C=O) groups is 1.